The molecule has 5 nitrogen and oxygen atoms in total. The van der Waals surface area contributed by atoms with Crippen LogP contribution in [0.1, 0.15) is 19.8 Å². The molecule has 1 fully saturated rings. The summed E-state index contributed by atoms with van der Waals surface area (Å²) in [4.78, 5) is 25.7. The fourth-order valence-electron chi connectivity index (χ4n) is 1.85. The third kappa shape index (κ3) is 5.06. The number of piperazine rings is 1. The Labute approximate surface area is 109 Å². The second-order valence-corrected chi connectivity index (χ2v) is 4.50. The van der Waals surface area contributed by atoms with Gasteiger partial charge < -0.3 is 14.9 Å². The molecule has 1 unspecified atom stereocenters. The van der Waals surface area contributed by atoms with Crippen LogP contribution in [0.3, 0.4) is 0 Å². The minimum atomic E-state index is -4.33. The number of alkyl halides is 3. The van der Waals surface area contributed by atoms with Crippen LogP contribution in [-0.2, 0) is 9.59 Å². The molecule has 0 radical (unpaired) electrons. The smallest absolute Gasteiger partial charge is 0.384 e. The van der Waals surface area contributed by atoms with Crippen LogP contribution in [0, 0.1) is 0 Å². The minimum Gasteiger partial charge on any atom is -0.384 e. The summed E-state index contributed by atoms with van der Waals surface area (Å²) in [6, 6.07) is 0. The van der Waals surface area contributed by atoms with Gasteiger partial charge >= 0.3 is 6.18 Å². The van der Waals surface area contributed by atoms with Gasteiger partial charge in [0.2, 0.25) is 5.91 Å². The van der Waals surface area contributed by atoms with Crippen molar-refractivity contribution in [2.45, 2.75) is 32.0 Å². The second-order valence-electron chi connectivity index (χ2n) is 4.50. The van der Waals surface area contributed by atoms with Gasteiger partial charge in [0.15, 0.2) is 0 Å². The van der Waals surface area contributed by atoms with Gasteiger partial charge in [-0.05, 0) is 6.92 Å². The Balaban J connectivity index is 2.37. The van der Waals surface area contributed by atoms with Crippen LogP contribution in [0.15, 0.2) is 0 Å². The normalized spacial score (nSPS) is 18.4. The van der Waals surface area contributed by atoms with Crippen molar-refractivity contribution < 1.29 is 27.9 Å². The van der Waals surface area contributed by atoms with Crippen LogP contribution >= 0.6 is 0 Å². The number of aliphatic hydroxyl groups is 1. The monoisotopic (exact) mass is 282 g/mol. The first-order chi connectivity index (χ1) is 8.70. The van der Waals surface area contributed by atoms with Gasteiger partial charge in [-0.2, -0.15) is 13.2 Å². The van der Waals surface area contributed by atoms with Crippen molar-refractivity contribution in [1.82, 2.24) is 9.80 Å². The Bertz CT molecular complexity index is 337. The number of hydrogen-bond acceptors (Lipinski definition) is 3. The molecule has 8 heteroatoms. The van der Waals surface area contributed by atoms with E-state index in [1.807, 2.05) is 0 Å². The van der Waals surface area contributed by atoms with E-state index in [2.05, 4.69) is 0 Å². The van der Waals surface area contributed by atoms with E-state index >= 15 is 0 Å². The van der Waals surface area contributed by atoms with Gasteiger partial charge in [-0.1, -0.05) is 0 Å². The zero-order valence-corrected chi connectivity index (χ0v) is 10.6. The molecule has 110 valence electrons. The number of rotatable bonds is 3. The third-order valence-electron chi connectivity index (χ3n) is 2.92. The SMILES string of the molecule is CC(O)C(=O)N1CCN(C(=O)CCC(F)(F)F)CC1. The van der Waals surface area contributed by atoms with Gasteiger partial charge in [0.1, 0.15) is 6.10 Å². The van der Waals surface area contributed by atoms with Crippen molar-refractivity contribution in [1.29, 1.82) is 0 Å². The maximum Gasteiger partial charge on any atom is 0.389 e. The fourth-order valence-corrected chi connectivity index (χ4v) is 1.85. The molecule has 0 aromatic carbocycles. The lowest BCUT2D eigenvalue weighted by atomic mass is 10.2. The standard InChI is InChI=1S/C11H17F3N2O3/c1-8(17)10(19)16-6-4-15(5-7-16)9(18)2-3-11(12,13)14/h8,17H,2-7H2,1H3. The van der Waals surface area contributed by atoms with Crippen LogP contribution in [0.4, 0.5) is 13.2 Å². The molecule has 19 heavy (non-hydrogen) atoms. The molecule has 1 aliphatic heterocycles. The number of amides is 2. The summed E-state index contributed by atoms with van der Waals surface area (Å²) in [5, 5.41) is 9.13. The highest BCUT2D eigenvalue weighted by atomic mass is 19.4. The van der Waals surface area contributed by atoms with Crippen LogP contribution in [0.5, 0.6) is 0 Å². The highest BCUT2D eigenvalue weighted by Gasteiger charge is 2.31. The first-order valence-corrected chi connectivity index (χ1v) is 6.02. The van der Waals surface area contributed by atoms with Gasteiger partial charge in [-0.3, -0.25) is 9.59 Å². The van der Waals surface area contributed by atoms with Crippen molar-refractivity contribution >= 4 is 11.8 Å². The van der Waals surface area contributed by atoms with Gasteiger partial charge in [-0.25, -0.2) is 0 Å². The number of carbonyl (C=O) groups is 2. The van der Waals surface area contributed by atoms with Gasteiger partial charge in [-0.15, -0.1) is 0 Å². The molecule has 0 aromatic heterocycles. The maximum atomic E-state index is 12.0. The zero-order chi connectivity index (χ0) is 14.6. The molecule has 0 bridgehead atoms. The number of carbonyl (C=O) groups excluding carboxylic acids is 2. The maximum absolute atomic E-state index is 12.0. The molecule has 1 atom stereocenters. The number of hydrogen-bond donors (Lipinski definition) is 1. The van der Waals surface area contributed by atoms with Crippen molar-refractivity contribution in [3.8, 4) is 0 Å². The van der Waals surface area contributed by atoms with E-state index in [4.69, 9.17) is 5.11 Å². The van der Waals surface area contributed by atoms with E-state index in [9.17, 15) is 22.8 Å². The summed E-state index contributed by atoms with van der Waals surface area (Å²) in [7, 11) is 0. The van der Waals surface area contributed by atoms with Crippen molar-refractivity contribution in [2.24, 2.45) is 0 Å². The van der Waals surface area contributed by atoms with E-state index in [0.717, 1.165) is 0 Å². The summed E-state index contributed by atoms with van der Waals surface area (Å²) < 4.78 is 36.0. The number of halogens is 3. The molecule has 0 spiro atoms. The highest BCUT2D eigenvalue weighted by Crippen LogP contribution is 2.22. The summed E-state index contributed by atoms with van der Waals surface area (Å²) in [5.74, 6) is -0.983. The highest BCUT2D eigenvalue weighted by molar-refractivity contribution is 5.81. The van der Waals surface area contributed by atoms with Crippen molar-refractivity contribution in [2.75, 3.05) is 26.2 Å². The molecule has 0 aliphatic carbocycles. The molecule has 1 rings (SSSR count). The van der Waals surface area contributed by atoms with Gasteiger partial charge in [0.05, 0.1) is 6.42 Å². The Morgan fingerprint density at radius 3 is 2.05 bits per heavy atom. The van der Waals surface area contributed by atoms with E-state index < -0.39 is 36.9 Å². The lowest BCUT2D eigenvalue weighted by Gasteiger charge is -2.35. The van der Waals surface area contributed by atoms with Crippen LogP contribution in [0.25, 0.3) is 0 Å². The molecule has 2 amide bonds. The van der Waals surface area contributed by atoms with Crippen molar-refractivity contribution in [3.63, 3.8) is 0 Å². The topological polar surface area (TPSA) is 60.9 Å². The molecular formula is C11H17F3N2O3. The average Bonchev–Trinajstić information content (AvgIpc) is 2.34. The minimum absolute atomic E-state index is 0.204. The van der Waals surface area contributed by atoms with E-state index in [1.54, 1.807) is 0 Å². The Hall–Kier alpha value is -1.31. The molecule has 1 aliphatic rings. The first-order valence-electron chi connectivity index (χ1n) is 6.02. The first kappa shape index (κ1) is 15.7. The molecule has 1 N–H and O–H groups in total. The Kier molecular flexibility index (Phi) is 5.16. The molecule has 1 heterocycles. The summed E-state index contributed by atoms with van der Waals surface area (Å²) in [6.07, 6.45) is -7.13. The third-order valence-corrected chi connectivity index (χ3v) is 2.92. The van der Waals surface area contributed by atoms with Gasteiger partial charge in [0.25, 0.3) is 5.91 Å². The lowest BCUT2D eigenvalue weighted by Crippen LogP contribution is -2.52. The summed E-state index contributed by atoms with van der Waals surface area (Å²) >= 11 is 0. The Morgan fingerprint density at radius 1 is 1.16 bits per heavy atom. The van der Waals surface area contributed by atoms with Crippen LogP contribution in [0.2, 0.25) is 0 Å². The molecule has 0 saturated carbocycles. The zero-order valence-electron chi connectivity index (χ0n) is 10.6. The Morgan fingerprint density at radius 2 is 1.63 bits per heavy atom. The van der Waals surface area contributed by atoms with E-state index in [1.165, 1.54) is 16.7 Å². The molecule has 1 saturated heterocycles. The largest absolute Gasteiger partial charge is 0.389 e. The summed E-state index contributed by atoms with van der Waals surface area (Å²) in [5.41, 5.74) is 0. The predicted molar refractivity (Wildman–Crippen MR) is 60.1 cm³/mol. The second kappa shape index (κ2) is 6.23. The summed E-state index contributed by atoms with van der Waals surface area (Å²) in [6.45, 7) is 2.23. The quantitative estimate of drug-likeness (QED) is 0.814. The average molecular weight is 282 g/mol. The predicted octanol–water partition coefficient (Wildman–Crippen LogP) is 0.380. The lowest BCUT2D eigenvalue weighted by molar-refractivity contribution is -0.152. The van der Waals surface area contributed by atoms with Crippen LogP contribution < -0.4 is 0 Å². The molecular weight excluding hydrogens is 265 g/mol. The van der Waals surface area contributed by atoms with Crippen LogP contribution in [-0.4, -0.2) is 65.2 Å². The van der Waals surface area contributed by atoms with E-state index in [0.29, 0.717) is 0 Å². The number of aliphatic hydroxyl groups excluding tert-OH is 1. The fraction of sp³-hybridized carbons (Fsp3) is 0.818. The van der Waals surface area contributed by atoms with Gasteiger partial charge in [0, 0.05) is 32.6 Å². The molecule has 0 aromatic rings. The van der Waals surface area contributed by atoms with E-state index in [-0.39, 0.29) is 26.2 Å². The number of nitrogens with zero attached hydrogens (tertiary/aromatic N) is 2. The van der Waals surface area contributed by atoms with Crippen molar-refractivity contribution in [3.05, 3.63) is 0 Å².